The summed E-state index contributed by atoms with van der Waals surface area (Å²) in [7, 11) is 1.63. The van der Waals surface area contributed by atoms with Gasteiger partial charge in [0.25, 0.3) is 0 Å². The van der Waals surface area contributed by atoms with Gasteiger partial charge in [-0.05, 0) is 48.0 Å². The lowest BCUT2D eigenvalue weighted by Gasteiger charge is -2.10. The maximum absolute atomic E-state index is 14.7. The van der Waals surface area contributed by atoms with Crippen molar-refractivity contribution < 1.29 is 18.7 Å². The molecule has 1 aromatic heterocycles. The molecule has 0 fully saturated rings. The minimum atomic E-state index is -0.421. The Morgan fingerprint density at radius 3 is 2.54 bits per heavy atom. The van der Waals surface area contributed by atoms with Crippen LogP contribution in [0.15, 0.2) is 72.8 Å². The smallest absolute Gasteiger partial charge is 0.336 e. The Balaban J connectivity index is 1.61. The van der Waals surface area contributed by atoms with Gasteiger partial charge < -0.3 is 14.8 Å². The Kier molecular flexibility index (Phi) is 7.40. The average Bonchev–Trinajstić information content (AvgIpc) is 3.29. The molecule has 0 aliphatic rings. The third-order valence-electron chi connectivity index (χ3n) is 5.37. The van der Waals surface area contributed by atoms with Crippen LogP contribution in [-0.2, 0) is 11.2 Å². The molecule has 0 spiro atoms. The van der Waals surface area contributed by atoms with Crippen LogP contribution in [-0.4, -0.2) is 34.4 Å². The molecule has 0 bridgehead atoms. The van der Waals surface area contributed by atoms with Crippen LogP contribution in [0.3, 0.4) is 0 Å². The molecule has 4 aromatic rings. The molecular weight excluding hydrogens is 447 g/mol. The van der Waals surface area contributed by atoms with Crippen molar-refractivity contribution in [1.82, 2.24) is 14.8 Å². The molecule has 3 aromatic carbocycles. The van der Waals surface area contributed by atoms with Gasteiger partial charge in [0, 0.05) is 18.0 Å². The fourth-order valence-corrected chi connectivity index (χ4v) is 3.41. The second kappa shape index (κ2) is 10.8. The molecule has 0 radical (unpaired) electrons. The van der Waals surface area contributed by atoms with Crippen molar-refractivity contribution >= 4 is 11.6 Å². The number of carbonyl (C=O) groups is 1. The van der Waals surface area contributed by atoms with Crippen LogP contribution in [0.2, 0.25) is 0 Å². The molecule has 0 atom stereocenters. The van der Waals surface area contributed by atoms with E-state index in [1.54, 1.807) is 43.5 Å². The second-order valence-corrected chi connectivity index (χ2v) is 8.25. The van der Waals surface area contributed by atoms with Gasteiger partial charge in [0.1, 0.15) is 11.6 Å². The van der Waals surface area contributed by atoms with Crippen molar-refractivity contribution in [2.75, 3.05) is 19.0 Å². The number of amides is 1. The summed E-state index contributed by atoms with van der Waals surface area (Å²) in [5.41, 5.74) is 2.59. The maximum atomic E-state index is 14.7. The quantitative estimate of drug-likeness (QED) is 0.356. The summed E-state index contributed by atoms with van der Waals surface area (Å²) >= 11 is 0. The average molecular weight is 475 g/mol. The summed E-state index contributed by atoms with van der Waals surface area (Å²) < 4.78 is 27.2. The number of nitrogens with zero attached hydrogens (tertiary/aromatic N) is 3. The Hall–Kier alpha value is -4.20. The van der Waals surface area contributed by atoms with Gasteiger partial charge in [-0.15, -0.1) is 5.10 Å². The number of carbonyl (C=O) groups excluding carboxylic acids is 1. The molecule has 1 heterocycles. The largest absolute Gasteiger partial charge is 0.497 e. The van der Waals surface area contributed by atoms with Gasteiger partial charge >= 0.3 is 6.01 Å². The summed E-state index contributed by atoms with van der Waals surface area (Å²) in [5, 5.41) is 7.37. The lowest BCUT2D eigenvalue weighted by molar-refractivity contribution is -0.118. The molecule has 0 saturated carbocycles. The zero-order valence-electron chi connectivity index (χ0n) is 19.9. The van der Waals surface area contributed by atoms with Crippen LogP contribution < -0.4 is 14.8 Å². The Morgan fingerprint density at radius 1 is 1.06 bits per heavy atom. The third-order valence-corrected chi connectivity index (χ3v) is 5.37. The lowest BCUT2D eigenvalue weighted by atomic mass is 10.1. The summed E-state index contributed by atoms with van der Waals surface area (Å²) in [6.07, 6.45) is 0.643. The number of hydrogen-bond donors (Lipinski definition) is 1. The van der Waals surface area contributed by atoms with E-state index in [0.29, 0.717) is 35.8 Å². The summed E-state index contributed by atoms with van der Waals surface area (Å²) in [6, 6.07) is 21.4. The minimum absolute atomic E-state index is 0.0994. The number of ether oxygens (including phenoxy) is 2. The van der Waals surface area contributed by atoms with Crippen molar-refractivity contribution in [3.05, 3.63) is 84.2 Å². The Bertz CT molecular complexity index is 1300. The first-order valence-electron chi connectivity index (χ1n) is 11.3. The molecule has 0 aliphatic heterocycles. The fourth-order valence-electron chi connectivity index (χ4n) is 3.41. The normalized spacial score (nSPS) is 10.9. The van der Waals surface area contributed by atoms with Crippen LogP contribution in [0.25, 0.3) is 17.1 Å². The highest BCUT2D eigenvalue weighted by Gasteiger charge is 2.18. The molecule has 180 valence electrons. The predicted octanol–water partition coefficient (Wildman–Crippen LogP) is 5.30. The maximum Gasteiger partial charge on any atom is 0.336 e. The van der Waals surface area contributed by atoms with E-state index >= 15 is 0 Å². The van der Waals surface area contributed by atoms with Crippen molar-refractivity contribution in [1.29, 1.82) is 0 Å². The summed E-state index contributed by atoms with van der Waals surface area (Å²) in [6.45, 7) is 3.99. The van der Waals surface area contributed by atoms with Crippen LogP contribution in [0.5, 0.6) is 11.8 Å². The van der Waals surface area contributed by atoms with Crippen LogP contribution in [0.4, 0.5) is 10.1 Å². The van der Waals surface area contributed by atoms with Crippen molar-refractivity contribution in [2.24, 2.45) is 5.92 Å². The first-order valence-corrected chi connectivity index (χ1v) is 11.3. The second-order valence-electron chi connectivity index (χ2n) is 8.25. The first-order chi connectivity index (χ1) is 16.9. The molecule has 0 saturated heterocycles. The van der Waals surface area contributed by atoms with Crippen LogP contribution in [0, 0.1) is 11.7 Å². The number of aromatic nitrogens is 3. The van der Waals surface area contributed by atoms with E-state index in [1.807, 2.05) is 44.2 Å². The molecular formula is C27H27FN4O3. The molecule has 0 aliphatic carbocycles. The fraction of sp³-hybridized carbons (Fsp3) is 0.222. The van der Waals surface area contributed by atoms with Gasteiger partial charge in [-0.25, -0.2) is 9.07 Å². The zero-order chi connectivity index (χ0) is 24.8. The molecule has 1 N–H and O–H groups in total. The van der Waals surface area contributed by atoms with Gasteiger partial charge in [-0.1, -0.05) is 44.2 Å². The van der Waals surface area contributed by atoms with Crippen molar-refractivity contribution in [3.8, 4) is 28.8 Å². The standard InChI is InChI=1S/C27H27FN4O3/c1-18(2)26(33)29-20-7-6-8-21(17-20)32-25(23-9-4-5-10-24(23)28)30-27(31-32)35-16-15-19-11-13-22(34-3)14-12-19/h4-14,17-18H,15-16H2,1-3H3,(H,29,33). The molecule has 35 heavy (non-hydrogen) atoms. The van der Waals surface area contributed by atoms with Gasteiger partial charge in [0.15, 0.2) is 5.82 Å². The van der Waals surface area contributed by atoms with E-state index in [-0.39, 0.29) is 17.8 Å². The van der Waals surface area contributed by atoms with Crippen molar-refractivity contribution in [2.45, 2.75) is 20.3 Å². The van der Waals surface area contributed by atoms with E-state index in [4.69, 9.17) is 9.47 Å². The third kappa shape index (κ3) is 5.84. The first kappa shape index (κ1) is 23.9. The lowest BCUT2D eigenvalue weighted by Crippen LogP contribution is -2.17. The van der Waals surface area contributed by atoms with E-state index in [9.17, 15) is 9.18 Å². The molecule has 8 heteroatoms. The van der Waals surface area contributed by atoms with Gasteiger partial charge in [-0.2, -0.15) is 4.98 Å². The monoisotopic (exact) mass is 474 g/mol. The van der Waals surface area contributed by atoms with Gasteiger partial charge in [-0.3, -0.25) is 4.79 Å². The van der Waals surface area contributed by atoms with E-state index in [2.05, 4.69) is 15.4 Å². The summed E-state index contributed by atoms with van der Waals surface area (Å²) in [4.78, 5) is 16.6. The molecule has 4 rings (SSSR count). The number of methoxy groups -OCH3 is 1. The van der Waals surface area contributed by atoms with Gasteiger partial charge in [0.2, 0.25) is 5.91 Å². The van der Waals surface area contributed by atoms with Crippen molar-refractivity contribution in [3.63, 3.8) is 0 Å². The highest BCUT2D eigenvalue weighted by atomic mass is 19.1. The number of nitrogens with one attached hydrogen (secondary N) is 1. The molecule has 7 nitrogen and oxygen atoms in total. The highest BCUT2D eigenvalue weighted by molar-refractivity contribution is 5.92. The Morgan fingerprint density at radius 2 is 1.83 bits per heavy atom. The predicted molar refractivity (Wildman–Crippen MR) is 132 cm³/mol. The Labute approximate surface area is 203 Å². The highest BCUT2D eigenvalue weighted by Crippen LogP contribution is 2.27. The van der Waals surface area contributed by atoms with E-state index < -0.39 is 5.82 Å². The van der Waals surface area contributed by atoms with Gasteiger partial charge in [0.05, 0.1) is 25.0 Å². The van der Waals surface area contributed by atoms with E-state index in [1.165, 1.54) is 10.7 Å². The number of halogens is 1. The number of rotatable bonds is 9. The minimum Gasteiger partial charge on any atom is -0.497 e. The topological polar surface area (TPSA) is 78.3 Å². The van der Waals surface area contributed by atoms with Crippen LogP contribution >= 0.6 is 0 Å². The number of hydrogen-bond acceptors (Lipinski definition) is 5. The molecule has 0 unspecified atom stereocenters. The van der Waals surface area contributed by atoms with E-state index in [0.717, 1.165) is 11.3 Å². The zero-order valence-corrected chi connectivity index (χ0v) is 19.9. The van der Waals surface area contributed by atoms with Crippen LogP contribution in [0.1, 0.15) is 19.4 Å². The SMILES string of the molecule is COc1ccc(CCOc2nc(-c3ccccc3F)n(-c3cccc(NC(=O)C(C)C)c3)n2)cc1. The number of anilines is 1. The summed E-state index contributed by atoms with van der Waals surface area (Å²) in [5.74, 6) is 0.406. The number of benzene rings is 3. The molecule has 1 amide bonds.